The molecule has 2 aromatic heterocycles. The molecule has 0 unspecified atom stereocenters. The zero-order valence-electron chi connectivity index (χ0n) is 33.8. The summed E-state index contributed by atoms with van der Waals surface area (Å²) < 4.78 is 0. The van der Waals surface area contributed by atoms with Gasteiger partial charge in [0, 0.05) is 55.2 Å². The number of nitrogens with one attached hydrogen (secondary N) is 9. The van der Waals surface area contributed by atoms with E-state index < -0.39 is 90.6 Å². The molecule has 19 heteroatoms. The molecule has 5 atom stereocenters. The summed E-state index contributed by atoms with van der Waals surface area (Å²) in [5, 5.41) is 18.8. The van der Waals surface area contributed by atoms with Gasteiger partial charge in [-0.15, -0.1) is 0 Å². The Labute approximate surface area is 346 Å². The number of aromatic amines is 2. The Morgan fingerprint density at radius 3 is 1.97 bits per heavy atom. The number of H-pyrrole nitrogens is 2. The van der Waals surface area contributed by atoms with Crippen LogP contribution in [0.4, 0.5) is 0 Å². The van der Waals surface area contributed by atoms with Gasteiger partial charge in [0.1, 0.15) is 30.2 Å². The van der Waals surface area contributed by atoms with E-state index in [1.165, 1.54) is 26.4 Å². The monoisotopic (exact) mass is 827 g/mol. The van der Waals surface area contributed by atoms with E-state index in [0.717, 1.165) is 22.9 Å². The minimum absolute atomic E-state index is 0.00680. The maximum Gasteiger partial charge on any atom is 0.243 e. The number of amides is 8. The fourth-order valence-electron chi connectivity index (χ4n) is 6.30. The molecule has 19 nitrogen and oxygen atoms in total. The summed E-state index contributed by atoms with van der Waals surface area (Å²) in [4.78, 5) is 113. The molecule has 0 saturated carbocycles. The summed E-state index contributed by atoms with van der Waals surface area (Å²) in [6.45, 7) is 3.56. The Balaban J connectivity index is 1.37. The van der Waals surface area contributed by atoms with Crippen molar-refractivity contribution < 1.29 is 38.4 Å². The van der Waals surface area contributed by atoms with Crippen LogP contribution in [0.3, 0.4) is 0 Å². The SMILES string of the molecule is CCCC[C@H](NC(C)=O)C(=O)NCC(=O)N[C@@H](Cc1cnc[nH]1)C(=O)N[C@H](Cc1ccccc1)C(=O)NCC(=O)N[C@@H](C)C(=O)N[C@@H](Cc1c[nH]c2ccccc12)C(N)=O. The lowest BCUT2D eigenvalue weighted by molar-refractivity contribution is -0.133. The molecular weight excluding hydrogens is 775 g/mol. The van der Waals surface area contributed by atoms with Crippen LogP contribution in [-0.4, -0.2) is 106 Å². The Bertz CT molecular complexity index is 2100. The number of hydrogen-bond donors (Lipinski definition) is 10. The number of carbonyl (C=O) groups is 8. The number of unbranched alkanes of at least 4 members (excludes halogenated alkanes) is 1. The molecule has 2 aromatic carbocycles. The lowest BCUT2D eigenvalue weighted by Crippen LogP contribution is -2.57. The summed E-state index contributed by atoms with van der Waals surface area (Å²) in [6.07, 6.45) is 6.48. The smallest absolute Gasteiger partial charge is 0.243 e. The van der Waals surface area contributed by atoms with Gasteiger partial charge >= 0.3 is 0 Å². The van der Waals surface area contributed by atoms with E-state index in [1.807, 2.05) is 31.2 Å². The van der Waals surface area contributed by atoms with Crippen LogP contribution in [0, 0.1) is 0 Å². The highest BCUT2D eigenvalue weighted by Gasteiger charge is 2.29. The highest BCUT2D eigenvalue weighted by atomic mass is 16.2. The normalized spacial score (nSPS) is 13.4. The van der Waals surface area contributed by atoms with Crippen LogP contribution in [-0.2, 0) is 57.6 Å². The van der Waals surface area contributed by atoms with Gasteiger partial charge in [-0.2, -0.15) is 0 Å². The minimum atomic E-state index is -1.24. The van der Waals surface area contributed by atoms with Crippen molar-refractivity contribution in [1.29, 1.82) is 0 Å². The number of imidazole rings is 1. The van der Waals surface area contributed by atoms with Gasteiger partial charge in [0.15, 0.2) is 0 Å². The molecule has 2 heterocycles. The summed E-state index contributed by atoms with van der Waals surface area (Å²) in [6, 6.07) is 10.7. The highest BCUT2D eigenvalue weighted by molar-refractivity contribution is 5.96. The van der Waals surface area contributed by atoms with Gasteiger partial charge in [0.2, 0.25) is 47.3 Å². The average Bonchev–Trinajstić information content (AvgIpc) is 3.90. The molecule has 0 saturated heterocycles. The number of fused-ring (bicyclic) bond motifs is 1. The topological polar surface area (TPSA) is 291 Å². The van der Waals surface area contributed by atoms with Gasteiger partial charge in [0.05, 0.1) is 19.4 Å². The molecule has 4 aromatic rings. The van der Waals surface area contributed by atoms with Crippen LogP contribution in [0.15, 0.2) is 73.3 Å². The third kappa shape index (κ3) is 14.4. The van der Waals surface area contributed by atoms with Crippen molar-refractivity contribution in [3.05, 3.63) is 90.1 Å². The van der Waals surface area contributed by atoms with Gasteiger partial charge in [0.25, 0.3) is 0 Å². The van der Waals surface area contributed by atoms with Crippen molar-refractivity contribution in [1.82, 2.24) is 52.2 Å². The molecule has 0 radical (unpaired) electrons. The van der Waals surface area contributed by atoms with Crippen LogP contribution in [0.25, 0.3) is 10.9 Å². The molecule has 60 heavy (non-hydrogen) atoms. The Morgan fingerprint density at radius 1 is 0.683 bits per heavy atom. The first-order chi connectivity index (χ1) is 28.7. The van der Waals surface area contributed by atoms with Gasteiger partial charge in [-0.3, -0.25) is 38.4 Å². The lowest BCUT2D eigenvalue weighted by Gasteiger charge is -2.24. The van der Waals surface area contributed by atoms with E-state index in [-0.39, 0.29) is 19.3 Å². The molecule has 0 fully saturated rings. The van der Waals surface area contributed by atoms with E-state index in [1.54, 1.807) is 36.5 Å². The number of aromatic nitrogens is 3. The Hall–Kier alpha value is -7.05. The number of para-hydroxylation sites is 1. The zero-order chi connectivity index (χ0) is 43.6. The molecule has 320 valence electrons. The van der Waals surface area contributed by atoms with Gasteiger partial charge in [-0.25, -0.2) is 4.98 Å². The van der Waals surface area contributed by atoms with Crippen molar-refractivity contribution in [2.45, 2.75) is 89.5 Å². The molecular formula is C41H53N11O8. The first-order valence-electron chi connectivity index (χ1n) is 19.6. The van der Waals surface area contributed by atoms with Crippen molar-refractivity contribution in [2.75, 3.05) is 13.1 Å². The summed E-state index contributed by atoms with van der Waals surface area (Å²) >= 11 is 0. The first kappa shape index (κ1) is 45.6. The fourth-order valence-corrected chi connectivity index (χ4v) is 6.30. The van der Waals surface area contributed by atoms with Crippen LogP contribution >= 0.6 is 0 Å². The van der Waals surface area contributed by atoms with Crippen LogP contribution in [0.2, 0.25) is 0 Å². The number of rotatable bonds is 23. The molecule has 0 bridgehead atoms. The second-order valence-electron chi connectivity index (χ2n) is 14.3. The van der Waals surface area contributed by atoms with Crippen molar-refractivity contribution in [2.24, 2.45) is 5.73 Å². The Morgan fingerprint density at radius 2 is 1.32 bits per heavy atom. The van der Waals surface area contributed by atoms with E-state index in [4.69, 9.17) is 5.73 Å². The third-order valence-corrected chi connectivity index (χ3v) is 9.46. The largest absolute Gasteiger partial charge is 0.368 e. The average molecular weight is 828 g/mol. The standard InChI is InChI=1S/C41H53N11O8/c1-4-5-14-31(49-25(3)53)39(58)45-22-36(55)50-34(18-28-20-43-23-47-28)41(60)52-33(16-26-11-7-6-8-12-26)40(59)46-21-35(54)48-24(2)38(57)51-32(37(42)56)17-27-19-44-30-15-10-9-13-29(27)30/h6-13,15,19-20,23-24,31-34,44H,4-5,14,16-18,21-22H2,1-3H3,(H2,42,56)(H,43,47)(H,45,58)(H,46,59)(H,48,54)(H,49,53)(H,50,55)(H,51,57)(H,52,60)/t24-,31-,32-,33+,34-/m0/s1. The van der Waals surface area contributed by atoms with E-state index in [9.17, 15) is 38.4 Å². The van der Waals surface area contributed by atoms with Gasteiger partial charge < -0.3 is 52.9 Å². The van der Waals surface area contributed by atoms with Crippen molar-refractivity contribution >= 4 is 58.2 Å². The molecule has 0 spiro atoms. The predicted octanol–water partition coefficient (Wildman–Crippen LogP) is -0.709. The second-order valence-corrected chi connectivity index (χ2v) is 14.3. The van der Waals surface area contributed by atoms with Gasteiger partial charge in [-0.1, -0.05) is 68.3 Å². The lowest BCUT2D eigenvalue weighted by atomic mass is 10.0. The third-order valence-electron chi connectivity index (χ3n) is 9.46. The minimum Gasteiger partial charge on any atom is -0.368 e. The maximum atomic E-state index is 13.8. The first-order valence-corrected chi connectivity index (χ1v) is 19.6. The van der Waals surface area contributed by atoms with Crippen molar-refractivity contribution in [3.8, 4) is 0 Å². The maximum absolute atomic E-state index is 13.8. The molecule has 4 rings (SSSR count). The number of nitrogens with two attached hydrogens (primary N) is 1. The van der Waals surface area contributed by atoms with Crippen LogP contribution in [0.5, 0.6) is 0 Å². The molecule has 8 amide bonds. The summed E-state index contributed by atoms with van der Waals surface area (Å²) in [5.74, 6) is -5.32. The summed E-state index contributed by atoms with van der Waals surface area (Å²) in [5.41, 5.74) is 8.39. The quantitative estimate of drug-likeness (QED) is 0.0451. The number of hydrogen-bond acceptors (Lipinski definition) is 9. The highest BCUT2D eigenvalue weighted by Crippen LogP contribution is 2.19. The van der Waals surface area contributed by atoms with Crippen LogP contribution < -0.4 is 43.0 Å². The van der Waals surface area contributed by atoms with Crippen LogP contribution in [0.1, 0.15) is 56.9 Å². The molecule has 0 aliphatic heterocycles. The number of nitrogens with zero attached hydrogens (tertiary/aromatic N) is 1. The van der Waals surface area contributed by atoms with Crippen molar-refractivity contribution in [3.63, 3.8) is 0 Å². The second kappa shape index (κ2) is 22.8. The number of primary amides is 1. The molecule has 0 aliphatic carbocycles. The predicted molar refractivity (Wildman–Crippen MR) is 220 cm³/mol. The van der Waals surface area contributed by atoms with E-state index in [0.29, 0.717) is 24.1 Å². The Kier molecular flexibility index (Phi) is 17.3. The van der Waals surface area contributed by atoms with E-state index >= 15 is 0 Å². The fraction of sp³-hybridized carbons (Fsp3) is 0.390. The summed E-state index contributed by atoms with van der Waals surface area (Å²) in [7, 11) is 0. The van der Waals surface area contributed by atoms with Gasteiger partial charge in [-0.05, 0) is 30.5 Å². The molecule has 11 N–H and O–H groups in total. The molecule has 0 aliphatic rings. The number of carbonyl (C=O) groups excluding carboxylic acids is 8. The number of benzene rings is 2. The zero-order valence-corrected chi connectivity index (χ0v) is 33.8. The van der Waals surface area contributed by atoms with E-state index in [2.05, 4.69) is 52.2 Å².